The van der Waals surface area contributed by atoms with Gasteiger partial charge in [-0.1, -0.05) is 22.9 Å². The first kappa shape index (κ1) is 16.7. The van der Waals surface area contributed by atoms with Gasteiger partial charge < -0.3 is 4.74 Å². The maximum Gasteiger partial charge on any atom is 0.232 e. The van der Waals surface area contributed by atoms with Gasteiger partial charge in [0.05, 0.1) is 12.4 Å². The molecule has 1 aromatic carbocycles. The second-order valence-electron chi connectivity index (χ2n) is 3.99. The number of hydrogen-bond donors (Lipinski definition) is 0. The average molecular weight is 378 g/mol. The lowest BCUT2D eigenvalue weighted by Crippen LogP contribution is -2.19. The van der Waals surface area contributed by atoms with E-state index in [0.717, 1.165) is 6.07 Å². The Balaban J connectivity index is 2.75. The summed E-state index contributed by atoms with van der Waals surface area (Å²) >= 11 is 3.02. The van der Waals surface area contributed by atoms with Crippen LogP contribution in [0.5, 0.6) is 5.75 Å². The first-order valence-electron chi connectivity index (χ1n) is 5.42. The van der Waals surface area contributed by atoms with Crippen molar-refractivity contribution in [1.29, 1.82) is 0 Å². The molecule has 0 aliphatic carbocycles. The maximum atomic E-state index is 13.4. The molecule has 0 aliphatic rings. The van der Waals surface area contributed by atoms with Gasteiger partial charge in [-0.15, -0.1) is 0 Å². The zero-order chi connectivity index (χ0) is 14.6. The van der Waals surface area contributed by atoms with Gasteiger partial charge in [-0.25, -0.2) is 12.8 Å². The normalized spacial score (nSPS) is 13.3. The van der Waals surface area contributed by atoms with E-state index < -0.39 is 20.7 Å². The van der Waals surface area contributed by atoms with Crippen molar-refractivity contribution in [3.8, 4) is 5.75 Å². The molecule has 0 amide bonds. The number of ether oxygens (including phenoxy) is 1. The topological polar surface area (TPSA) is 43.4 Å². The Hall–Kier alpha value is -0.400. The van der Waals surface area contributed by atoms with Crippen molar-refractivity contribution in [1.82, 2.24) is 0 Å². The van der Waals surface area contributed by atoms with Crippen LogP contribution in [0.4, 0.5) is 8.78 Å². The van der Waals surface area contributed by atoms with Crippen molar-refractivity contribution in [2.24, 2.45) is 5.92 Å². The van der Waals surface area contributed by atoms with E-state index in [0.29, 0.717) is 10.9 Å². The van der Waals surface area contributed by atoms with Gasteiger partial charge in [0.2, 0.25) is 14.9 Å². The van der Waals surface area contributed by atoms with Gasteiger partial charge in [0.25, 0.3) is 0 Å². The second-order valence-corrected chi connectivity index (χ2v) is 7.73. The van der Waals surface area contributed by atoms with E-state index in [1.807, 2.05) is 0 Å². The first-order valence-corrected chi connectivity index (χ1v) is 8.69. The van der Waals surface area contributed by atoms with Crippen molar-refractivity contribution < 1.29 is 21.9 Å². The van der Waals surface area contributed by atoms with Gasteiger partial charge >= 0.3 is 0 Å². The Morgan fingerprint density at radius 3 is 2.58 bits per heavy atom. The molecule has 0 heterocycles. The summed E-state index contributed by atoms with van der Waals surface area (Å²) in [5.41, 5.74) is 0. The molecule has 0 radical (unpaired) electrons. The molecule has 0 aromatic heterocycles. The molecule has 0 bridgehead atoms. The summed E-state index contributed by atoms with van der Waals surface area (Å²) in [7, 11) is 1.49. The van der Waals surface area contributed by atoms with Gasteiger partial charge in [0.15, 0.2) is 11.6 Å². The highest BCUT2D eigenvalue weighted by atomic mass is 79.9. The fraction of sp³-hybridized carbons (Fsp3) is 0.455. The average Bonchev–Trinajstić information content (AvgIpc) is 2.28. The Bertz CT molecular complexity index is 551. The van der Waals surface area contributed by atoms with Crippen LogP contribution < -0.4 is 4.74 Å². The highest BCUT2D eigenvalue weighted by Gasteiger charge is 2.18. The lowest BCUT2D eigenvalue weighted by Gasteiger charge is -2.15. The van der Waals surface area contributed by atoms with Crippen LogP contribution in [0.3, 0.4) is 0 Å². The standard InChI is InChI=1S/C11H12BrClF2O3S/c1-2-7(6-19(13,16)17)5-18-10-4-8(12)3-9(14)11(10)15/h3-4,7H,2,5-6H2,1H3. The molecule has 0 spiro atoms. The lowest BCUT2D eigenvalue weighted by atomic mass is 10.1. The SMILES string of the molecule is CCC(COc1cc(Br)cc(F)c1F)CS(=O)(=O)Cl. The van der Waals surface area contributed by atoms with Crippen LogP contribution >= 0.6 is 26.6 Å². The molecule has 19 heavy (non-hydrogen) atoms. The molecule has 8 heteroatoms. The van der Waals surface area contributed by atoms with E-state index in [1.165, 1.54) is 6.07 Å². The molecule has 0 saturated carbocycles. The minimum atomic E-state index is -3.65. The van der Waals surface area contributed by atoms with Crippen LogP contribution in [0.15, 0.2) is 16.6 Å². The third-order valence-corrected chi connectivity index (χ3v) is 4.15. The predicted molar refractivity (Wildman–Crippen MR) is 73.0 cm³/mol. The summed E-state index contributed by atoms with van der Waals surface area (Å²) in [4.78, 5) is 0. The quantitative estimate of drug-likeness (QED) is 0.561. The Morgan fingerprint density at radius 2 is 2.05 bits per heavy atom. The van der Waals surface area contributed by atoms with Crippen LogP contribution in [0.1, 0.15) is 13.3 Å². The third kappa shape index (κ3) is 5.62. The molecule has 1 atom stereocenters. The van der Waals surface area contributed by atoms with E-state index >= 15 is 0 Å². The van der Waals surface area contributed by atoms with Gasteiger partial charge in [-0.05, 0) is 18.6 Å². The minimum Gasteiger partial charge on any atom is -0.490 e. The van der Waals surface area contributed by atoms with Crippen molar-refractivity contribution in [2.45, 2.75) is 13.3 Å². The maximum absolute atomic E-state index is 13.4. The summed E-state index contributed by atoms with van der Waals surface area (Å²) in [6.07, 6.45) is 0.490. The molecule has 0 saturated heterocycles. The van der Waals surface area contributed by atoms with Crippen molar-refractivity contribution in [2.75, 3.05) is 12.4 Å². The molecular weight excluding hydrogens is 366 g/mol. The lowest BCUT2D eigenvalue weighted by molar-refractivity contribution is 0.244. The van der Waals surface area contributed by atoms with Crippen LogP contribution in [-0.4, -0.2) is 20.8 Å². The van der Waals surface area contributed by atoms with Gasteiger partial charge in [0.1, 0.15) is 0 Å². The predicted octanol–water partition coefficient (Wildman–Crippen LogP) is 3.70. The summed E-state index contributed by atoms with van der Waals surface area (Å²) in [6, 6.07) is 2.25. The van der Waals surface area contributed by atoms with E-state index in [4.69, 9.17) is 15.4 Å². The number of halogens is 4. The fourth-order valence-electron chi connectivity index (χ4n) is 1.41. The van der Waals surface area contributed by atoms with Crippen molar-refractivity contribution >= 4 is 35.7 Å². The first-order chi connectivity index (χ1) is 8.73. The van der Waals surface area contributed by atoms with E-state index in [1.54, 1.807) is 6.92 Å². The second kappa shape index (κ2) is 6.85. The monoisotopic (exact) mass is 376 g/mol. The molecule has 0 N–H and O–H groups in total. The summed E-state index contributed by atoms with van der Waals surface area (Å²) in [6.45, 7) is 1.70. The third-order valence-electron chi connectivity index (χ3n) is 2.45. The molecule has 0 aliphatic heterocycles. The van der Waals surface area contributed by atoms with Crippen molar-refractivity contribution in [3.63, 3.8) is 0 Å². The molecule has 3 nitrogen and oxygen atoms in total. The smallest absolute Gasteiger partial charge is 0.232 e. The van der Waals surface area contributed by atoms with E-state index in [-0.39, 0.29) is 24.0 Å². The van der Waals surface area contributed by atoms with Gasteiger partial charge in [-0.2, -0.15) is 4.39 Å². The van der Waals surface area contributed by atoms with Crippen LogP contribution in [0.25, 0.3) is 0 Å². The number of benzene rings is 1. The van der Waals surface area contributed by atoms with Crippen LogP contribution in [0.2, 0.25) is 0 Å². The van der Waals surface area contributed by atoms with Crippen LogP contribution in [0, 0.1) is 17.6 Å². The Morgan fingerprint density at radius 1 is 1.42 bits per heavy atom. The molecule has 0 fully saturated rings. The van der Waals surface area contributed by atoms with Crippen LogP contribution in [-0.2, 0) is 9.05 Å². The largest absolute Gasteiger partial charge is 0.490 e. The van der Waals surface area contributed by atoms with E-state index in [9.17, 15) is 17.2 Å². The highest BCUT2D eigenvalue weighted by Crippen LogP contribution is 2.26. The highest BCUT2D eigenvalue weighted by molar-refractivity contribution is 9.10. The zero-order valence-corrected chi connectivity index (χ0v) is 13.2. The molecule has 1 rings (SSSR count). The molecular formula is C11H12BrClF2O3S. The van der Waals surface area contributed by atoms with Crippen molar-refractivity contribution in [3.05, 3.63) is 28.2 Å². The Labute approximate surface area is 123 Å². The Kier molecular flexibility index (Phi) is 6.01. The van der Waals surface area contributed by atoms with E-state index in [2.05, 4.69) is 15.9 Å². The summed E-state index contributed by atoms with van der Waals surface area (Å²) in [5.74, 6) is -3.07. The fourth-order valence-corrected chi connectivity index (χ4v) is 3.25. The van der Waals surface area contributed by atoms with Gasteiger partial charge in [-0.3, -0.25) is 0 Å². The number of hydrogen-bond acceptors (Lipinski definition) is 3. The summed E-state index contributed by atoms with van der Waals surface area (Å²) in [5, 5.41) is 0. The van der Waals surface area contributed by atoms with Gasteiger partial charge in [0, 0.05) is 21.1 Å². The molecule has 1 unspecified atom stereocenters. The molecule has 1 aromatic rings. The molecule has 108 valence electrons. The summed E-state index contributed by atoms with van der Waals surface area (Å²) < 4.78 is 53.9. The number of rotatable bonds is 6. The minimum absolute atomic E-state index is 0.0603. The zero-order valence-electron chi connectivity index (χ0n) is 10.00.